The smallest absolute Gasteiger partial charge is 0.224 e. The molecule has 0 spiro atoms. The maximum Gasteiger partial charge on any atom is 0.224 e. The summed E-state index contributed by atoms with van der Waals surface area (Å²) in [7, 11) is 1.62. The van der Waals surface area contributed by atoms with E-state index in [4.69, 9.17) is 4.74 Å². The minimum absolute atomic E-state index is 0.0424. The lowest BCUT2D eigenvalue weighted by Crippen LogP contribution is -2.17. The van der Waals surface area contributed by atoms with Crippen LogP contribution in [0, 0.1) is 0 Å². The van der Waals surface area contributed by atoms with Crippen LogP contribution in [0.2, 0.25) is 0 Å². The van der Waals surface area contributed by atoms with E-state index in [1.165, 1.54) is 0 Å². The Hall–Kier alpha value is -1.49. The summed E-state index contributed by atoms with van der Waals surface area (Å²) in [4.78, 5) is 20.0. The van der Waals surface area contributed by atoms with Crippen molar-refractivity contribution in [2.75, 3.05) is 19.0 Å². The first-order valence-corrected chi connectivity index (χ1v) is 6.05. The third kappa shape index (κ3) is 4.79. The molecule has 0 aliphatic rings. The molecule has 0 aliphatic carbocycles. The molecule has 0 radical (unpaired) electrons. The van der Waals surface area contributed by atoms with Crippen LogP contribution in [0.1, 0.15) is 39.4 Å². The largest absolute Gasteiger partial charge is 0.385 e. The highest BCUT2D eigenvalue weighted by molar-refractivity contribution is 5.90. The number of nitrogens with zero attached hydrogens (tertiary/aromatic N) is 2. The Morgan fingerprint density at radius 2 is 1.94 bits per heavy atom. The summed E-state index contributed by atoms with van der Waals surface area (Å²) in [6, 6.07) is 0. The molecule has 0 bridgehead atoms. The van der Waals surface area contributed by atoms with Gasteiger partial charge in [0.1, 0.15) is 5.82 Å². The summed E-state index contributed by atoms with van der Waals surface area (Å²) >= 11 is 0. The zero-order chi connectivity index (χ0) is 13.6. The van der Waals surface area contributed by atoms with E-state index in [0.717, 1.165) is 5.82 Å². The molecule has 1 rings (SSSR count). The van der Waals surface area contributed by atoms with Gasteiger partial charge in [-0.25, -0.2) is 9.97 Å². The average Bonchev–Trinajstić information content (AvgIpc) is 2.29. The Labute approximate surface area is 108 Å². The second kappa shape index (κ2) is 6.44. The lowest BCUT2D eigenvalue weighted by molar-refractivity contribution is -0.116. The van der Waals surface area contributed by atoms with Crippen LogP contribution in [0.3, 0.4) is 0 Å². The van der Waals surface area contributed by atoms with Crippen LogP contribution in [-0.4, -0.2) is 29.6 Å². The van der Waals surface area contributed by atoms with Gasteiger partial charge in [-0.05, 0) is 6.42 Å². The number of amides is 1. The van der Waals surface area contributed by atoms with Crippen LogP contribution in [0.25, 0.3) is 0 Å². The number of hydrogen-bond acceptors (Lipinski definition) is 4. The van der Waals surface area contributed by atoms with Crippen LogP contribution in [0.15, 0.2) is 12.4 Å². The number of carbonyl (C=O) groups is 1. The van der Waals surface area contributed by atoms with Gasteiger partial charge < -0.3 is 10.1 Å². The van der Waals surface area contributed by atoms with Gasteiger partial charge in [-0.2, -0.15) is 0 Å². The van der Waals surface area contributed by atoms with Crippen LogP contribution in [0.4, 0.5) is 5.69 Å². The van der Waals surface area contributed by atoms with Crippen molar-refractivity contribution in [1.82, 2.24) is 9.97 Å². The molecule has 5 heteroatoms. The summed E-state index contributed by atoms with van der Waals surface area (Å²) < 4.78 is 4.89. The monoisotopic (exact) mass is 251 g/mol. The van der Waals surface area contributed by atoms with Crippen molar-refractivity contribution >= 4 is 11.6 Å². The molecule has 1 amide bonds. The summed E-state index contributed by atoms with van der Waals surface area (Å²) in [6.07, 6.45) is 4.43. The molecule has 0 aliphatic heterocycles. The fourth-order valence-electron chi connectivity index (χ4n) is 1.38. The molecule has 0 fully saturated rings. The van der Waals surface area contributed by atoms with E-state index in [1.807, 2.05) is 20.8 Å². The first-order chi connectivity index (χ1) is 8.43. The standard InChI is InChI=1S/C13H21N3O2/c1-13(2,3)12-14-8-10(9-15-12)16-11(17)6-5-7-18-4/h8-9H,5-7H2,1-4H3,(H,16,17). The molecule has 1 heterocycles. The molecular formula is C13H21N3O2. The normalized spacial score (nSPS) is 11.3. The van der Waals surface area contributed by atoms with Gasteiger partial charge in [0.25, 0.3) is 0 Å². The molecule has 0 aromatic carbocycles. The van der Waals surface area contributed by atoms with E-state index in [1.54, 1.807) is 19.5 Å². The molecule has 1 aromatic rings. The molecule has 1 aromatic heterocycles. The van der Waals surface area contributed by atoms with E-state index < -0.39 is 0 Å². The number of methoxy groups -OCH3 is 1. The van der Waals surface area contributed by atoms with E-state index in [0.29, 0.717) is 25.1 Å². The zero-order valence-electron chi connectivity index (χ0n) is 11.5. The third-order valence-electron chi connectivity index (χ3n) is 2.36. The van der Waals surface area contributed by atoms with Crippen LogP contribution in [0.5, 0.6) is 0 Å². The molecule has 0 saturated carbocycles. The highest BCUT2D eigenvalue weighted by Gasteiger charge is 2.16. The Bertz CT molecular complexity index is 382. The molecule has 5 nitrogen and oxygen atoms in total. The minimum atomic E-state index is -0.0823. The topological polar surface area (TPSA) is 64.1 Å². The van der Waals surface area contributed by atoms with Gasteiger partial charge >= 0.3 is 0 Å². The predicted octanol–water partition coefficient (Wildman–Crippen LogP) is 2.14. The van der Waals surface area contributed by atoms with E-state index in [-0.39, 0.29) is 11.3 Å². The second-order valence-electron chi connectivity index (χ2n) is 5.19. The summed E-state index contributed by atoms with van der Waals surface area (Å²) in [5.41, 5.74) is 0.548. The van der Waals surface area contributed by atoms with Crippen molar-refractivity contribution in [1.29, 1.82) is 0 Å². The fourth-order valence-corrected chi connectivity index (χ4v) is 1.38. The Kier molecular flexibility index (Phi) is 5.22. The molecule has 18 heavy (non-hydrogen) atoms. The number of rotatable bonds is 5. The van der Waals surface area contributed by atoms with Gasteiger partial charge in [-0.1, -0.05) is 20.8 Å². The SMILES string of the molecule is COCCCC(=O)Nc1cnc(C(C)(C)C)nc1. The van der Waals surface area contributed by atoms with Crippen LogP contribution >= 0.6 is 0 Å². The van der Waals surface area contributed by atoms with Gasteiger partial charge in [0.15, 0.2) is 0 Å². The first kappa shape index (κ1) is 14.6. The number of ether oxygens (including phenoxy) is 1. The maximum absolute atomic E-state index is 11.5. The van der Waals surface area contributed by atoms with Gasteiger partial charge in [-0.15, -0.1) is 0 Å². The predicted molar refractivity (Wildman–Crippen MR) is 70.5 cm³/mol. The highest BCUT2D eigenvalue weighted by atomic mass is 16.5. The number of nitrogens with one attached hydrogen (secondary N) is 1. The molecular weight excluding hydrogens is 230 g/mol. The van der Waals surface area contributed by atoms with Crippen molar-refractivity contribution in [3.05, 3.63) is 18.2 Å². The van der Waals surface area contributed by atoms with Crippen LogP contribution in [-0.2, 0) is 14.9 Å². The molecule has 1 N–H and O–H groups in total. The van der Waals surface area contributed by atoms with Crippen molar-refractivity contribution in [2.24, 2.45) is 0 Å². The number of aromatic nitrogens is 2. The minimum Gasteiger partial charge on any atom is -0.385 e. The third-order valence-corrected chi connectivity index (χ3v) is 2.36. The summed E-state index contributed by atoms with van der Waals surface area (Å²) in [5.74, 6) is 0.721. The van der Waals surface area contributed by atoms with Crippen molar-refractivity contribution < 1.29 is 9.53 Å². The first-order valence-electron chi connectivity index (χ1n) is 6.05. The lowest BCUT2D eigenvalue weighted by Gasteiger charge is -2.16. The maximum atomic E-state index is 11.5. The van der Waals surface area contributed by atoms with Gasteiger partial charge in [0.2, 0.25) is 5.91 Å². The van der Waals surface area contributed by atoms with Gasteiger partial charge in [0.05, 0.1) is 18.1 Å². The Morgan fingerprint density at radius 3 is 2.44 bits per heavy atom. The molecule has 100 valence electrons. The van der Waals surface area contributed by atoms with Crippen LogP contribution < -0.4 is 5.32 Å². The Morgan fingerprint density at radius 1 is 1.33 bits per heavy atom. The highest BCUT2D eigenvalue weighted by Crippen LogP contribution is 2.18. The summed E-state index contributed by atoms with van der Waals surface area (Å²) in [6.45, 7) is 6.73. The van der Waals surface area contributed by atoms with E-state index >= 15 is 0 Å². The number of anilines is 1. The molecule has 0 unspecified atom stereocenters. The van der Waals surface area contributed by atoms with Gasteiger partial charge in [0, 0.05) is 25.6 Å². The van der Waals surface area contributed by atoms with Crippen molar-refractivity contribution in [3.63, 3.8) is 0 Å². The number of carbonyl (C=O) groups excluding carboxylic acids is 1. The quantitative estimate of drug-likeness (QED) is 0.814. The molecule has 0 atom stereocenters. The lowest BCUT2D eigenvalue weighted by atomic mass is 9.96. The van der Waals surface area contributed by atoms with E-state index in [9.17, 15) is 4.79 Å². The van der Waals surface area contributed by atoms with E-state index in [2.05, 4.69) is 15.3 Å². The van der Waals surface area contributed by atoms with Crippen molar-refractivity contribution in [2.45, 2.75) is 39.0 Å². The fraction of sp³-hybridized carbons (Fsp3) is 0.615. The van der Waals surface area contributed by atoms with Crippen molar-refractivity contribution in [3.8, 4) is 0 Å². The number of hydrogen-bond donors (Lipinski definition) is 1. The summed E-state index contributed by atoms with van der Waals surface area (Å²) in [5, 5.41) is 2.76. The van der Waals surface area contributed by atoms with Gasteiger partial charge in [-0.3, -0.25) is 4.79 Å². The Balaban J connectivity index is 2.51. The second-order valence-corrected chi connectivity index (χ2v) is 5.19. The average molecular weight is 251 g/mol. The molecule has 0 saturated heterocycles. The zero-order valence-corrected chi connectivity index (χ0v) is 11.5.